The molecule has 5 N–H and O–H groups in total. The van der Waals surface area contributed by atoms with Crippen LogP contribution in [-0.2, 0) is 43.0 Å². The lowest BCUT2D eigenvalue weighted by Crippen LogP contribution is -2.59. The molecule has 44 heavy (non-hydrogen) atoms. The number of carbonyl (C=O) groups is 7. The van der Waals surface area contributed by atoms with Gasteiger partial charge in [0.25, 0.3) is 0 Å². The molecule has 4 amide bonds. The van der Waals surface area contributed by atoms with Gasteiger partial charge < -0.3 is 35.8 Å². The largest absolute Gasteiger partial charge is 0.480 e. The van der Waals surface area contributed by atoms with Crippen LogP contribution in [-0.4, -0.2) is 82.0 Å². The fourth-order valence-electron chi connectivity index (χ4n) is 3.94. The lowest BCUT2D eigenvalue weighted by atomic mass is 10.00. The minimum absolute atomic E-state index is 0.0171. The molecule has 0 spiro atoms. The molecule has 0 radical (unpaired) electrons. The first-order valence-electron chi connectivity index (χ1n) is 14.8. The highest BCUT2D eigenvalue weighted by molar-refractivity contribution is 5.95. The second-order valence-corrected chi connectivity index (χ2v) is 13.5. The van der Waals surface area contributed by atoms with E-state index in [2.05, 4.69) is 21.3 Å². The molecular weight excluding hydrogens is 576 g/mol. The summed E-state index contributed by atoms with van der Waals surface area (Å²) in [6.07, 6.45) is -0.812. The van der Waals surface area contributed by atoms with Gasteiger partial charge in [-0.2, -0.15) is 0 Å². The molecule has 0 unspecified atom stereocenters. The van der Waals surface area contributed by atoms with E-state index in [-0.39, 0.29) is 25.2 Å². The average molecular weight is 629 g/mol. The third kappa shape index (κ3) is 17.4. The molecule has 0 heterocycles. The molecule has 0 saturated heterocycles. The van der Waals surface area contributed by atoms with Crippen LogP contribution in [0.2, 0.25) is 0 Å². The van der Waals surface area contributed by atoms with E-state index in [1.165, 1.54) is 6.92 Å². The van der Waals surface area contributed by atoms with Crippen molar-refractivity contribution < 1.29 is 48.1 Å². The number of carboxylic acid groups (broad SMARTS) is 1. The van der Waals surface area contributed by atoms with Crippen LogP contribution in [0.1, 0.15) is 102 Å². The number of esters is 2. The Kier molecular flexibility index (Phi) is 16.1. The van der Waals surface area contributed by atoms with Crippen molar-refractivity contribution in [1.29, 1.82) is 0 Å². The molecule has 0 rings (SSSR count). The molecule has 4 atom stereocenters. The molecule has 0 fully saturated rings. The van der Waals surface area contributed by atoms with Crippen molar-refractivity contribution in [1.82, 2.24) is 21.3 Å². The highest BCUT2D eigenvalue weighted by atomic mass is 16.6. The zero-order valence-electron chi connectivity index (χ0n) is 27.9. The predicted octanol–water partition coefficient (Wildman–Crippen LogP) is 1.59. The van der Waals surface area contributed by atoms with Crippen LogP contribution in [0, 0.1) is 11.8 Å². The third-order valence-corrected chi connectivity index (χ3v) is 5.74. The minimum atomic E-state index is -1.63. The van der Waals surface area contributed by atoms with E-state index in [4.69, 9.17) is 9.47 Å². The summed E-state index contributed by atoms with van der Waals surface area (Å²) >= 11 is 0. The fourth-order valence-corrected chi connectivity index (χ4v) is 3.94. The maximum atomic E-state index is 13.5. The van der Waals surface area contributed by atoms with Gasteiger partial charge >= 0.3 is 17.9 Å². The smallest absolute Gasteiger partial charge is 0.326 e. The molecule has 14 nitrogen and oxygen atoms in total. The SMILES string of the molecule is CC(=O)N[C@@H](CC(C)C)C(=O)N[C@@H](CCC(=O)OC(C)(C)C)C(=O)N[C@H](C(=O)N[C@@H](CC(=O)OC(C)(C)C)C(=O)O)C(C)C. The van der Waals surface area contributed by atoms with Gasteiger partial charge in [-0.05, 0) is 66.2 Å². The summed E-state index contributed by atoms with van der Waals surface area (Å²) in [7, 11) is 0. The Bertz CT molecular complexity index is 1040. The van der Waals surface area contributed by atoms with Crippen LogP contribution in [0.4, 0.5) is 0 Å². The molecule has 0 aliphatic carbocycles. The van der Waals surface area contributed by atoms with E-state index in [1.807, 2.05) is 13.8 Å². The summed E-state index contributed by atoms with van der Waals surface area (Å²) < 4.78 is 10.5. The van der Waals surface area contributed by atoms with E-state index in [1.54, 1.807) is 55.4 Å². The predicted molar refractivity (Wildman–Crippen MR) is 161 cm³/mol. The summed E-state index contributed by atoms with van der Waals surface area (Å²) in [5, 5.41) is 19.6. The Morgan fingerprint density at radius 1 is 0.659 bits per heavy atom. The van der Waals surface area contributed by atoms with Crippen molar-refractivity contribution in [2.75, 3.05) is 0 Å². The summed E-state index contributed by atoms with van der Waals surface area (Å²) in [4.78, 5) is 88.0. The molecule has 14 heteroatoms. The molecule has 0 saturated carbocycles. The number of nitrogens with one attached hydrogen (secondary N) is 4. The number of aliphatic carboxylic acids is 1. The highest BCUT2D eigenvalue weighted by Gasteiger charge is 2.34. The molecule has 0 aliphatic heterocycles. The van der Waals surface area contributed by atoms with Crippen LogP contribution in [0.5, 0.6) is 0 Å². The van der Waals surface area contributed by atoms with Crippen LogP contribution in [0.15, 0.2) is 0 Å². The maximum absolute atomic E-state index is 13.5. The Morgan fingerprint density at radius 2 is 1.14 bits per heavy atom. The van der Waals surface area contributed by atoms with Crippen molar-refractivity contribution in [2.24, 2.45) is 11.8 Å². The van der Waals surface area contributed by atoms with Gasteiger partial charge in [-0.25, -0.2) is 4.79 Å². The Hall–Kier alpha value is -3.71. The lowest BCUT2D eigenvalue weighted by molar-refractivity contribution is -0.159. The van der Waals surface area contributed by atoms with Crippen molar-refractivity contribution in [3.8, 4) is 0 Å². The van der Waals surface area contributed by atoms with E-state index in [0.29, 0.717) is 0 Å². The molecule has 0 aliphatic rings. The number of hydrogen-bond donors (Lipinski definition) is 5. The highest BCUT2D eigenvalue weighted by Crippen LogP contribution is 2.13. The summed E-state index contributed by atoms with van der Waals surface area (Å²) in [5.74, 6) is -6.27. The zero-order chi connectivity index (χ0) is 34.6. The lowest BCUT2D eigenvalue weighted by Gasteiger charge is -2.28. The summed E-state index contributed by atoms with van der Waals surface area (Å²) in [6.45, 7) is 18.1. The van der Waals surface area contributed by atoms with E-state index in [0.717, 1.165) is 0 Å². The van der Waals surface area contributed by atoms with E-state index >= 15 is 0 Å². The number of hydrogen-bond acceptors (Lipinski definition) is 9. The first-order chi connectivity index (χ1) is 19.9. The zero-order valence-corrected chi connectivity index (χ0v) is 27.9. The first-order valence-corrected chi connectivity index (χ1v) is 14.8. The third-order valence-electron chi connectivity index (χ3n) is 5.74. The van der Waals surface area contributed by atoms with Gasteiger partial charge in [0.05, 0.1) is 6.42 Å². The van der Waals surface area contributed by atoms with Gasteiger partial charge in [0.15, 0.2) is 0 Å². The standard InChI is InChI=1S/C30H52N4O10/c1-16(2)14-20(31-18(5)35)26(39)32-19(12-13-22(36)43-29(6,7)8)25(38)34-24(17(3)4)27(40)33-21(28(41)42)15-23(37)44-30(9,10)11/h16-17,19-21,24H,12-15H2,1-11H3,(H,31,35)(H,32,39)(H,33,40)(H,34,38)(H,41,42)/t19-,20-,21-,24-/m0/s1. The van der Waals surface area contributed by atoms with Gasteiger partial charge in [-0.3, -0.25) is 28.8 Å². The molecule has 0 aromatic rings. The van der Waals surface area contributed by atoms with Crippen molar-refractivity contribution in [3.63, 3.8) is 0 Å². The van der Waals surface area contributed by atoms with E-state index in [9.17, 15) is 38.7 Å². The Balaban J connectivity index is 6.01. The van der Waals surface area contributed by atoms with Crippen LogP contribution < -0.4 is 21.3 Å². The fraction of sp³-hybridized carbons (Fsp3) is 0.767. The van der Waals surface area contributed by atoms with Gasteiger partial charge in [-0.15, -0.1) is 0 Å². The second-order valence-electron chi connectivity index (χ2n) is 13.5. The van der Waals surface area contributed by atoms with Gasteiger partial charge in [-0.1, -0.05) is 27.7 Å². The molecule has 0 bridgehead atoms. The second kappa shape index (κ2) is 17.6. The van der Waals surface area contributed by atoms with Gasteiger partial charge in [0.2, 0.25) is 23.6 Å². The van der Waals surface area contributed by atoms with Crippen molar-refractivity contribution in [3.05, 3.63) is 0 Å². The van der Waals surface area contributed by atoms with Crippen molar-refractivity contribution in [2.45, 2.75) is 137 Å². The molecule has 0 aromatic heterocycles. The monoisotopic (exact) mass is 628 g/mol. The quantitative estimate of drug-likeness (QED) is 0.156. The van der Waals surface area contributed by atoms with Crippen LogP contribution in [0.25, 0.3) is 0 Å². The normalized spacial score (nSPS) is 14.5. The average Bonchev–Trinajstić information content (AvgIpc) is 2.80. The van der Waals surface area contributed by atoms with Gasteiger partial charge in [0, 0.05) is 13.3 Å². The van der Waals surface area contributed by atoms with Crippen LogP contribution >= 0.6 is 0 Å². The molecule has 0 aromatic carbocycles. The Morgan fingerprint density at radius 3 is 1.57 bits per heavy atom. The Labute approximate surface area is 260 Å². The van der Waals surface area contributed by atoms with E-state index < -0.39 is 89.2 Å². The topological polar surface area (TPSA) is 206 Å². The van der Waals surface area contributed by atoms with Gasteiger partial charge in [0.1, 0.15) is 35.4 Å². The number of carbonyl (C=O) groups excluding carboxylic acids is 6. The summed E-state index contributed by atoms with van der Waals surface area (Å²) in [5.41, 5.74) is -1.65. The van der Waals surface area contributed by atoms with Crippen LogP contribution in [0.3, 0.4) is 0 Å². The van der Waals surface area contributed by atoms with Crippen molar-refractivity contribution >= 4 is 41.5 Å². The number of carboxylic acids is 1. The number of ether oxygens (including phenoxy) is 2. The first kappa shape index (κ1) is 40.3. The summed E-state index contributed by atoms with van der Waals surface area (Å²) in [6, 6.07) is -5.18. The molecule has 252 valence electrons. The number of rotatable bonds is 16. The number of amides is 4. The maximum Gasteiger partial charge on any atom is 0.326 e. The minimum Gasteiger partial charge on any atom is -0.480 e. The molecular formula is C30H52N4O10.